The van der Waals surface area contributed by atoms with E-state index < -0.39 is 28.8 Å². The maximum absolute atomic E-state index is 13.9. The second kappa shape index (κ2) is 11.3. The average molecular weight is 598 g/mol. The molecule has 2 amide bonds. The summed E-state index contributed by atoms with van der Waals surface area (Å²) in [6, 6.07) is 10.0. The van der Waals surface area contributed by atoms with E-state index in [0.29, 0.717) is 50.9 Å². The van der Waals surface area contributed by atoms with Gasteiger partial charge in [-0.15, -0.1) is 0 Å². The number of nitro groups is 1. The Labute approximate surface area is 245 Å². The number of hydrogen-bond donors (Lipinski definition) is 0. The summed E-state index contributed by atoms with van der Waals surface area (Å²) in [6.45, 7) is 1.17. The molecule has 3 heterocycles. The first-order chi connectivity index (χ1) is 20.6. The number of non-ortho nitro benzene ring substituents is 1. The number of piperidine rings is 1. The summed E-state index contributed by atoms with van der Waals surface area (Å²) in [4.78, 5) is 40.1. The predicted octanol–water partition coefficient (Wildman–Crippen LogP) is 6.50. The fraction of sp³-hybridized carbons (Fsp3) is 0.433. The molecule has 1 aliphatic carbocycles. The van der Waals surface area contributed by atoms with Crippen LogP contribution in [0, 0.1) is 10.1 Å². The van der Waals surface area contributed by atoms with E-state index >= 15 is 0 Å². The molecule has 0 radical (unpaired) electrons. The molecule has 1 aromatic heterocycles. The van der Waals surface area contributed by atoms with Gasteiger partial charge in [-0.1, -0.05) is 18.2 Å². The van der Waals surface area contributed by atoms with E-state index in [1.165, 1.54) is 36.4 Å². The number of likely N-dealkylation sites (tertiary alicyclic amines) is 2. The summed E-state index contributed by atoms with van der Waals surface area (Å²) < 4.78 is 48.7. The molecular formula is C30H30F3N5O5. The number of nitro benzene ring substituents is 1. The van der Waals surface area contributed by atoms with Crippen molar-refractivity contribution >= 4 is 17.7 Å². The first-order valence-electron chi connectivity index (χ1n) is 14.4. The Balaban J connectivity index is 1.16. The lowest BCUT2D eigenvalue weighted by Gasteiger charge is -2.32. The largest absolute Gasteiger partial charge is 0.416 e. The lowest BCUT2D eigenvalue weighted by molar-refractivity contribution is -0.384. The van der Waals surface area contributed by atoms with Gasteiger partial charge in [-0.2, -0.15) is 18.3 Å². The molecule has 0 bridgehead atoms. The Bertz CT molecular complexity index is 1530. The van der Waals surface area contributed by atoms with Gasteiger partial charge in [0.05, 0.1) is 40.0 Å². The van der Waals surface area contributed by atoms with E-state index in [0.717, 1.165) is 24.6 Å². The molecule has 13 heteroatoms. The molecule has 43 heavy (non-hydrogen) atoms. The van der Waals surface area contributed by atoms with Gasteiger partial charge in [-0.05, 0) is 62.3 Å². The van der Waals surface area contributed by atoms with E-state index in [1.54, 1.807) is 22.1 Å². The number of alkyl halides is 3. The molecule has 226 valence electrons. The molecule has 0 N–H and O–H groups in total. The zero-order chi connectivity index (χ0) is 30.3. The van der Waals surface area contributed by atoms with Crippen molar-refractivity contribution < 1.29 is 32.4 Å². The molecule has 1 saturated carbocycles. The van der Waals surface area contributed by atoms with Gasteiger partial charge in [0, 0.05) is 37.7 Å². The number of hydrogen-bond acceptors (Lipinski definition) is 6. The van der Waals surface area contributed by atoms with Crippen LogP contribution in [0.5, 0.6) is 5.75 Å². The topological polar surface area (TPSA) is 111 Å². The van der Waals surface area contributed by atoms with Crippen molar-refractivity contribution in [3.05, 3.63) is 87.2 Å². The lowest BCUT2D eigenvalue weighted by atomic mass is 9.97. The van der Waals surface area contributed by atoms with Crippen LogP contribution in [0.15, 0.2) is 54.7 Å². The zero-order valence-electron chi connectivity index (χ0n) is 23.2. The predicted molar refractivity (Wildman–Crippen MR) is 148 cm³/mol. The van der Waals surface area contributed by atoms with Crippen molar-refractivity contribution in [1.29, 1.82) is 0 Å². The van der Waals surface area contributed by atoms with Gasteiger partial charge < -0.3 is 14.5 Å². The third-order valence-electron chi connectivity index (χ3n) is 8.49. The molecule has 2 aromatic carbocycles. The van der Waals surface area contributed by atoms with Gasteiger partial charge in [0.15, 0.2) is 0 Å². The second-order valence-electron chi connectivity index (χ2n) is 11.2. The van der Waals surface area contributed by atoms with Crippen LogP contribution in [0.1, 0.15) is 83.7 Å². The maximum Gasteiger partial charge on any atom is 0.416 e. The summed E-state index contributed by atoms with van der Waals surface area (Å²) in [5.74, 6) is 0.0777. The van der Waals surface area contributed by atoms with E-state index in [-0.39, 0.29) is 34.9 Å². The summed E-state index contributed by atoms with van der Waals surface area (Å²) in [5.41, 5.74) is 0.576. The van der Waals surface area contributed by atoms with Crippen LogP contribution >= 0.6 is 0 Å². The van der Waals surface area contributed by atoms with Gasteiger partial charge >= 0.3 is 12.3 Å². The highest BCUT2D eigenvalue weighted by Crippen LogP contribution is 2.45. The molecule has 1 atom stereocenters. The Morgan fingerprint density at radius 2 is 1.65 bits per heavy atom. The number of carbonyl (C=O) groups excluding carboxylic acids is 2. The summed E-state index contributed by atoms with van der Waals surface area (Å²) >= 11 is 0. The van der Waals surface area contributed by atoms with Gasteiger partial charge in [-0.3, -0.25) is 19.6 Å². The number of nitrogens with zero attached hydrogens (tertiary/aromatic N) is 5. The Morgan fingerprint density at radius 1 is 0.953 bits per heavy atom. The van der Waals surface area contributed by atoms with Crippen LogP contribution in [-0.2, 0) is 6.18 Å². The monoisotopic (exact) mass is 597 g/mol. The van der Waals surface area contributed by atoms with E-state index in [4.69, 9.17) is 4.74 Å². The van der Waals surface area contributed by atoms with Gasteiger partial charge in [-0.25, -0.2) is 4.79 Å². The van der Waals surface area contributed by atoms with Crippen LogP contribution in [-0.4, -0.2) is 56.1 Å². The van der Waals surface area contributed by atoms with Crippen LogP contribution in [0.25, 0.3) is 0 Å². The summed E-state index contributed by atoms with van der Waals surface area (Å²) in [5, 5.41) is 15.5. The Hall–Kier alpha value is -4.42. The highest BCUT2D eigenvalue weighted by molar-refractivity contribution is 5.96. The third kappa shape index (κ3) is 5.80. The molecule has 10 nitrogen and oxygen atoms in total. The van der Waals surface area contributed by atoms with Gasteiger partial charge in [0.1, 0.15) is 5.75 Å². The van der Waals surface area contributed by atoms with Crippen LogP contribution < -0.4 is 4.74 Å². The molecule has 6 rings (SSSR count). The van der Waals surface area contributed by atoms with E-state index in [2.05, 4.69) is 5.10 Å². The fourth-order valence-corrected chi connectivity index (χ4v) is 6.22. The molecule has 3 fully saturated rings. The molecule has 3 aromatic rings. The first-order valence-corrected chi connectivity index (χ1v) is 14.4. The minimum Gasteiger partial charge on any atom is -0.410 e. The SMILES string of the molecule is O=C(Oc1ccc([N+](=O)[O-])cc1)N1CCC(n2ncc(C(=O)N3CCCC3c3ccccc3C(F)(F)F)c2C2CC2)CC1. The number of carbonyl (C=O) groups is 2. The summed E-state index contributed by atoms with van der Waals surface area (Å²) in [6.07, 6.45) is 0.539. The van der Waals surface area contributed by atoms with Crippen LogP contribution in [0.3, 0.4) is 0 Å². The second-order valence-corrected chi connectivity index (χ2v) is 11.2. The van der Waals surface area contributed by atoms with E-state index in [1.807, 2.05) is 4.68 Å². The Morgan fingerprint density at radius 3 is 2.30 bits per heavy atom. The molecule has 2 aliphatic heterocycles. The Kier molecular flexibility index (Phi) is 7.57. The first kappa shape index (κ1) is 28.7. The van der Waals surface area contributed by atoms with Gasteiger partial charge in [0.25, 0.3) is 11.6 Å². The maximum atomic E-state index is 13.9. The van der Waals surface area contributed by atoms with Gasteiger partial charge in [0.2, 0.25) is 0 Å². The number of aromatic nitrogens is 2. The highest BCUT2D eigenvalue weighted by atomic mass is 19.4. The molecular weight excluding hydrogens is 567 g/mol. The van der Waals surface area contributed by atoms with Crippen molar-refractivity contribution in [3.8, 4) is 5.75 Å². The number of halogens is 3. The number of ether oxygens (including phenoxy) is 1. The van der Waals surface area contributed by atoms with Crippen molar-refractivity contribution in [2.24, 2.45) is 0 Å². The normalized spacial score (nSPS) is 19.5. The molecule has 3 aliphatic rings. The van der Waals surface area contributed by atoms with Crippen molar-refractivity contribution in [2.45, 2.75) is 62.7 Å². The third-order valence-corrected chi connectivity index (χ3v) is 8.49. The fourth-order valence-electron chi connectivity index (χ4n) is 6.22. The van der Waals surface area contributed by atoms with Crippen LogP contribution in [0.4, 0.5) is 23.7 Å². The van der Waals surface area contributed by atoms with Crippen LogP contribution in [0.2, 0.25) is 0 Å². The summed E-state index contributed by atoms with van der Waals surface area (Å²) in [7, 11) is 0. The number of benzene rings is 2. The average Bonchev–Trinajstić information content (AvgIpc) is 3.54. The van der Waals surface area contributed by atoms with Crippen molar-refractivity contribution in [2.75, 3.05) is 19.6 Å². The lowest BCUT2D eigenvalue weighted by Crippen LogP contribution is -2.41. The quantitative estimate of drug-likeness (QED) is 0.237. The molecule has 0 spiro atoms. The van der Waals surface area contributed by atoms with Crippen molar-refractivity contribution in [1.82, 2.24) is 19.6 Å². The minimum atomic E-state index is -4.51. The molecule has 1 unspecified atom stereocenters. The van der Waals surface area contributed by atoms with Crippen molar-refractivity contribution in [3.63, 3.8) is 0 Å². The zero-order valence-corrected chi connectivity index (χ0v) is 23.2. The highest BCUT2D eigenvalue weighted by Gasteiger charge is 2.42. The smallest absolute Gasteiger partial charge is 0.410 e. The number of rotatable bonds is 6. The molecule has 2 saturated heterocycles. The minimum absolute atomic E-state index is 0.0547. The van der Waals surface area contributed by atoms with E-state index in [9.17, 15) is 32.9 Å². The standard InChI is InChI=1S/C30H30F3N5O5/c31-30(32,33)25-5-2-1-4-23(25)26-6-3-15-36(26)28(39)24-18-34-37(27(24)19-7-8-19)20-13-16-35(17-14-20)29(40)43-22-11-9-21(10-12-22)38(41)42/h1-2,4-5,9-12,18-20,26H,3,6-8,13-17H2. The number of amides is 2.